The predicted molar refractivity (Wildman–Crippen MR) is 41.0 cm³/mol. The van der Waals surface area contributed by atoms with Gasteiger partial charge in [0.05, 0.1) is 5.69 Å². The van der Waals surface area contributed by atoms with Crippen LogP contribution in [0.1, 0.15) is 25.5 Å². The maximum absolute atomic E-state index is 5.85. The van der Waals surface area contributed by atoms with Gasteiger partial charge in [0.2, 0.25) is 0 Å². The maximum atomic E-state index is 5.85. The van der Waals surface area contributed by atoms with Crippen molar-refractivity contribution in [3.8, 4) is 0 Å². The van der Waals surface area contributed by atoms with Crippen molar-refractivity contribution in [3.63, 3.8) is 0 Å². The van der Waals surface area contributed by atoms with Crippen LogP contribution in [-0.2, 0) is 0 Å². The fourth-order valence-corrected chi connectivity index (χ4v) is 1.62. The van der Waals surface area contributed by atoms with Crippen LogP contribution in [0, 0.1) is 5.41 Å². The number of hydrogen-bond donors (Lipinski definition) is 1. The molecule has 11 heavy (non-hydrogen) atoms. The van der Waals surface area contributed by atoms with Crippen molar-refractivity contribution in [2.24, 2.45) is 11.1 Å². The molecular weight excluding hydrogens is 140 g/mol. The first-order valence-corrected chi connectivity index (χ1v) is 3.80. The van der Waals surface area contributed by atoms with E-state index >= 15 is 0 Å². The minimum absolute atomic E-state index is 0.205. The van der Waals surface area contributed by atoms with Gasteiger partial charge >= 0.3 is 0 Å². The zero-order valence-electron chi connectivity index (χ0n) is 6.74. The largest absolute Gasteiger partial charge is 0.365 e. The van der Waals surface area contributed by atoms with Crippen LogP contribution in [0.2, 0.25) is 0 Å². The molecule has 0 radical (unpaired) electrons. The Hall–Kier alpha value is -0.830. The number of hydrogen-bond acceptors (Lipinski definition) is 3. The van der Waals surface area contributed by atoms with Crippen LogP contribution in [0.15, 0.2) is 16.9 Å². The molecule has 2 rings (SSSR count). The van der Waals surface area contributed by atoms with Crippen molar-refractivity contribution in [1.82, 2.24) is 5.16 Å². The fourth-order valence-electron chi connectivity index (χ4n) is 1.62. The highest BCUT2D eigenvalue weighted by molar-refractivity contribution is 5.27. The molecule has 2 N–H and O–H groups in total. The molecule has 3 heteroatoms. The predicted octanol–water partition coefficient (Wildman–Crippen LogP) is 1.13. The normalized spacial score (nSPS) is 33.7. The lowest BCUT2D eigenvalue weighted by atomic mass is 10.1. The van der Waals surface area contributed by atoms with Crippen LogP contribution in [0.3, 0.4) is 0 Å². The molecule has 1 fully saturated rings. The molecule has 0 saturated heterocycles. The third-order valence-electron chi connectivity index (χ3n) is 2.69. The van der Waals surface area contributed by atoms with E-state index in [2.05, 4.69) is 19.0 Å². The van der Waals surface area contributed by atoms with Crippen LogP contribution in [0.5, 0.6) is 0 Å². The van der Waals surface area contributed by atoms with Gasteiger partial charge in [-0.25, -0.2) is 0 Å². The Labute approximate surface area is 65.6 Å². The second-order valence-electron chi connectivity index (χ2n) is 3.75. The van der Waals surface area contributed by atoms with Gasteiger partial charge < -0.3 is 10.3 Å². The topological polar surface area (TPSA) is 52.0 Å². The molecule has 0 spiro atoms. The summed E-state index contributed by atoms with van der Waals surface area (Å²) < 4.78 is 4.75. The monoisotopic (exact) mass is 152 g/mol. The Bertz CT molecular complexity index is 253. The summed E-state index contributed by atoms with van der Waals surface area (Å²) in [6.45, 7) is 4.30. The Balaban J connectivity index is 2.23. The van der Waals surface area contributed by atoms with Crippen molar-refractivity contribution in [3.05, 3.63) is 18.0 Å². The minimum atomic E-state index is 0.205. The average Bonchev–Trinajstić information content (AvgIpc) is 2.40. The SMILES string of the molecule is CC1(C)C(N)C1c1ccon1. The van der Waals surface area contributed by atoms with Gasteiger partial charge in [-0.2, -0.15) is 0 Å². The fraction of sp³-hybridized carbons (Fsp3) is 0.625. The van der Waals surface area contributed by atoms with Gasteiger partial charge in [-0.1, -0.05) is 19.0 Å². The zero-order valence-corrected chi connectivity index (χ0v) is 6.74. The van der Waals surface area contributed by atoms with Gasteiger partial charge in [0.1, 0.15) is 6.26 Å². The summed E-state index contributed by atoms with van der Waals surface area (Å²) in [7, 11) is 0. The Morgan fingerprint density at radius 3 is 2.64 bits per heavy atom. The van der Waals surface area contributed by atoms with E-state index in [9.17, 15) is 0 Å². The quantitative estimate of drug-likeness (QED) is 0.656. The van der Waals surface area contributed by atoms with Crippen molar-refractivity contribution < 1.29 is 4.52 Å². The number of rotatable bonds is 1. The lowest BCUT2D eigenvalue weighted by molar-refractivity contribution is 0.408. The minimum Gasteiger partial charge on any atom is -0.365 e. The van der Waals surface area contributed by atoms with Crippen molar-refractivity contribution in [1.29, 1.82) is 0 Å². The van der Waals surface area contributed by atoms with Crippen molar-refractivity contribution in [2.45, 2.75) is 25.8 Å². The van der Waals surface area contributed by atoms with Gasteiger partial charge in [-0.3, -0.25) is 0 Å². The Morgan fingerprint density at radius 2 is 2.27 bits per heavy atom. The third-order valence-corrected chi connectivity index (χ3v) is 2.69. The molecule has 0 bridgehead atoms. The van der Waals surface area contributed by atoms with Crippen molar-refractivity contribution in [2.75, 3.05) is 0 Å². The second-order valence-corrected chi connectivity index (χ2v) is 3.75. The van der Waals surface area contributed by atoms with E-state index in [-0.39, 0.29) is 11.5 Å². The smallest absolute Gasteiger partial charge is 0.124 e. The van der Waals surface area contributed by atoms with Gasteiger partial charge in [0.15, 0.2) is 0 Å². The van der Waals surface area contributed by atoms with Gasteiger partial charge in [0.25, 0.3) is 0 Å². The summed E-state index contributed by atoms with van der Waals surface area (Å²) in [5.74, 6) is 0.390. The van der Waals surface area contributed by atoms with E-state index in [1.54, 1.807) is 6.26 Å². The van der Waals surface area contributed by atoms with Gasteiger partial charge in [-0.15, -0.1) is 0 Å². The number of nitrogens with zero attached hydrogens (tertiary/aromatic N) is 1. The highest BCUT2D eigenvalue weighted by atomic mass is 16.5. The standard InChI is InChI=1S/C8H12N2O/c1-8(2)6(7(8)9)5-3-4-11-10-5/h3-4,6-7H,9H2,1-2H3. The zero-order chi connectivity index (χ0) is 8.06. The molecule has 0 aliphatic heterocycles. The van der Waals surface area contributed by atoms with Crippen LogP contribution in [-0.4, -0.2) is 11.2 Å². The van der Waals surface area contributed by atoms with E-state index in [4.69, 9.17) is 10.3 Å². The molecule has 1 aromatic rings. The average molecular weight is 152 g/mol. The highest BCUT2D eigenvalue weighted by Gasteiger charge is 2.57. The molecule has 3 nitrogen and oxygen atoms in total. The van der Waals surface area contributed by atoms with Crippen LogP contribution < -0.4 is 5.73 Å². The molecule has 1 saturated carbocycles. The third kappa shape index (κ3) is 0.807. The van der Waals surface area contributed by atoms with Gasteiger partial charge in [0, 0.05) is 18.0 Å². The molecule has 1 aliphatic carbocycles. The molecule has 2 unspecified atom stereocenters. The number of nitrogens with two attached hydrogens (primary N) is 1. The summed E-state index contributed by atoms with van der Waals surface area (Å²) in [4.78, 5) is 0. The molecule has 0 amide bonds. The molecule has 1 aliphatic rings. The first kappa shape index (κ1) is 6.85. The summed E-state index contributed by atoms with van der Waals surface area (Å²) in [5.41, 5.74) is 7.05. The summed E-state index contributed by atoms with van der Waals surface area (Å²) in [5, 5.41) is 3.87. The Morgan fingerprint density at radius 1 is 1.64 bits per heavy atom. The maximum Gasteiger partial charge on any atom is 0.124 e. The second kappa shape index (κ2) is 1.85. The lowest BCUT2D eigenvalue weighted by Crippen LogP contribution is -2.06. The van der Waals surface area contributed by atoms with Crippen LogP contribution >= 0.6 is 0 Å². The first-order chi connectivity index (χ1) is 5.14. The molecule has 1 heterocycles. The van der Waals surface area contributed by atoms with E-state index in [1.165, 1.54) is 0 Å². The van der Waals surface area contributed by atoms with Gasteiger partial charge in [-0.05, 0) is 5.41 Å². The molecular formula is C8H12N2O. The Kier molecular flexibility index (Phi) is 1.16. The number of aromatic nitrogens is 1. The van der Waals surface area contributed by atoms with E-state index in [0.29, 0.717) is 5.92 Å². The molecule has 2 atom stereocenters. The summed E-state index contributed by atoms with van der Waals surface area (Å²) in [6, 6.07) is 2.13. The van der Waals surface area contributed by atoms with E-state index < -0.39 is 0 Å². The molecule has 1 aromatic heterocycles. The van der Waals surface area contributed by atoms with Crippen LogP contribution in [0.4, 0.5) is 0 Å². The van der Waals surface area contributed by atoms with Crippen molar-refractivity contribution >= 4 is 0 Å². The summed E-state index contributed by atoms with van der Waals surface area (Å²) in [6.07, 6.45) is 1.59. The first-order valence-electron chi connectivity index (χ1n) is 3.80. The van der Waals surface area contributed by atoms with E-state index in [0.717, 1.165) is 5.69 Å². The summed E-state index contributed by atoms with van der Waals surface area (Å²) >= 11 is 0. The molecule has 60 valence electrons. The lowest BCUT2D eigenvalue weighted by Gasteiger charge is -1.96. The van der Waals surface area contributed by atoms with E-state index in [1.807, 2.05) is 6.07 Å². The molecule has 0 aromatic carbocycles. The van der Waals surface area contributed by atoms with Crippen LogP contribution in [0.25, 0.3) is 0 Å². The highest BCUT2D eigenvalue weighted by Crippen LogP contribution is 2.56.